The SMILES string of the molecule is Cc1ccc(-c2nc(CN3CCOCC3)n(Cc3ccc(F)cc3)n2)o1. The summed E-state index contributed by atoms with van der Waals surface area (Å²) < 4.78 is 26.1. The van der Waals surface area contributed by atoms with E-state index in [4.69, 9.17) is 14.1 Å². The Morgan fingerprint density at radius 3 is 2.50 bits per heavy atom. The van der Waals surface area contributed by atoms with E-state index in [9.17, 15) is 4.39 Å². The second-order valence-corrected chi connectivity index (χ2v) is 6.43. The van der Waals surface area contributed by atoms with Gasteiger partial charge in [0.1, 0.15) is 17.4 Å². The van der Waals surface area contributed by atoms with Crippen molar-refractivity contribution in [2.75, 3.05) is 26.3 Å². The van der Waals surface area contributed by atoms with Crippen LogP contribution < -0.4 is 0 Å². The zero-order chi connectivity index (χ0) is 17.9. The third-order valence-electron chi connectivity index (χ3n) is 4.42. The fourth-order valence-electron chi connectivity index (χ4n) is 3.00. The predicted molar refractivity (Wildman–Crippen MR) is 94.1 cm³/mol. The van der Waals surface area contributed by atoms with E-state index in [-0.39, 0.29) is 5.82 Å². The van der Waals surface area contributed by atoms with Crippen LogP contribution >= 0.6 is 0 Å². The lowest BCUT2D eigenvalue weighted by Crippen LogP contribution is -2.36. The molecule has 7 heteroatoms. The number of furan rings is 1. The van der Waals surface area contributed by atoms with Crippen molar-refractivity contribution < 1.29 is 13.5 Å². The number of hydrogen-bond donors (Lipinski definition) is 0. The number of rotatable bonds is 5. The van der Waals surface area contributed by atoms with E-state index in [0.717, 1.165) is 43.5 Å². The highest BCUT2D eigenvalue weighted by molar-refractivity contribution is 5.46. The van der Waals surface area contributed by atoms with Crippen molar-refractivity contribution in [3.63, 3.8) is 0 Å². The van der Waals surface area contributed by atoms with Crippen molar-refractivity contribution in [2.24, 2.45) is 0 Å². The molecular formula is C19H21FN4O2. The molecule has 3 aromatic rings. The molecule has 1 aromatic carbocycles. The van der Waals surface area contributed by atoms with Gasteiger partial charge in [0.25, 0.3) is 0 Å². The number of halogens is 1. The smallest absolute Gasteiger partial charge is 0.217 e. The molecule has 0 aliphatic carbocycles. The predicted octanol–water partition coefficient (Wildman–Crippen LogP) is 2.87. The van der Waals surface area contributed by atoms with Crippen LogP contribution in [0.25, 0.3) is 11.6 Å². The minimum atomic E-state index is -0.243. The van der Waals surface area contributed by atoms with Crippen LogP contribution in [0.3, 0.4) is 0 Å². The fourth-order valence-corrected chi connectivity index (χ4v) is 3.00. The maximum Gasteiger partial charge on any atom is 0.217 e. The van der Waals surface area contributed by atoms with Crippen molar-refractivity contribution in [1.82, 2.24) is 19.7 Å². The highest BCUT2D eigenvalue weighted by atomic mass is 19.1. The second-order valence-electron chi connectivity index (χ2n) is 6.43. The lowest BCUT2D eigenvalue weighted by Gasteiger charge is -2.26. The van der Waals surface area contributed by atoms with E-state index in [1.807, 2.05) is 23.7 Å². The van der Waals surface area contributed by atoms with Gasteiger partial charge in [0.05, 0.1) is 26.3 Å². The van der Waals surface area contributed by atoms with Gasteiger partial charge in [-0.2, -0.15) is 0 Å². The topological polar surface area (TPSA) is 56.3 Å². The second kappa shape index (κ2) is 7.39. The molecular weight excluding hydrogens is 335 g/mol. The Morgan fingerprint density at radius 1 is 1.04 bits per heavy atom. The molecule has 0 atom stereocenters. The molecule has 1 aliphatic rings. The van der Waals surface area contributed by atoms with Gasteiger partial charge >= 0.3 is 0 Å². The molecule has 26 heavy (non-hydrogen) atoms. The molecule has 136 valence electrons. The molecule has 6 nitrogen and oxygen atoms in total. The van der Waals surface area contributed by atoms with Gasteiger partial charge in [-0.3, -0.25) is 4.90 Å². The maximum atomic E-state index is 13.2. The molecule has 0 amide bonds. The molecule has 1 fully saturated rings. The normalized spacial score (nSPS) is 15.5. The Balaban J connectivity index is 1.62. The molecule has 0 saturated carbocycles. The summed E-state index contributed by atoms with van der Waals surface area (Å²) in [5.74, 6) is 2.67. The summed E-state index contributed by atoms with van der Waals surface area (Å²) in [7, 11) is 0. The standard InChI is InChI=1S/C19H21FN4O2/c1-14-2-7-17(26-14)19-21-18(13-23-8-10-25-11-9-23)24(22-19)12-15-3-5-16(20)6-4-15/h2-7H,8-13H2,1H3. The van der Waals surface area contributed by atoms with E-state index in [1.165, 1.54) is 12.1 Å². The molecule has 0 N–H and O–H groups in total. The van der Waals surface area contributed by atoms with Gasteiger partial charge < -0.3 is 9.15 Å². The van der Waals surface area contributed by atoms with Gasteiger partial charge in [-0.1, -0.05) is 12.1 Å². The van der Waals surface area contributed by atoms with Gasteiger partial charge in [-0.15, -0.1) is 5.10 Å². The molecule has 3 heterocycles. The first-order valence-electron chi connectivity index (χ1n) is 8.72. The van der Waals surface area contributed by atoms with Crippen molar-refractivity contribution in [2.45, 2.75) is 20.0 Å². The third kappa shape index (κ3) is 3.84. The van der Waals surface area contributed by atoms with Gasteiger partial charge in [0.2, 0.25) is 5.82 Å². The largest absolute Gasteiger partial charge is 0.458 e. The van der Waals surface area contributed by atoms with E-state index in [0.29, 0.717) is 24.7 Å². The van der Waals surface area contributed by atoms with E-state index in [1.54, 1.807) is 12.1 Å². The summed E-state index contributed by atoms with van der Waals surface area (Å²) in [4.78, 5) is 7.00. The molecule has 0 radical (unpaired) electrons. The van der Waals surface area contributed by atoms with Crippen LogP contribution in [0.1, 0.15) is 17.1 Å². The van der Waals surface area contributed by atoms with Gasteiger partial charge in [0, 0.05) is 13.1 Å². The summed E-state index contributed by atoms with van der Waals surface area (Å²) in [6.45, 7) is 6.33. The van der Waals surface area contributed by atoms with Crippen molar-refractivity contribution in [3.05, 3.63) is 59.4 Å². The average Bonchev–Trinajstić information content (AvgIpc) is 3.24. The number of ether oxygens (including phenoxy) is 1. The molecule has 2 aromatic heterocycles. The molecule has 0 unspecified atom stereocenters. The molecule has 0 bridgehead atoms. The van der Waals surface area contributed by atoms with Crippen LogP contribution in [-0.4, -0.2) is 46.0 Å². The number of hydrogen-bond acceptors (Lipinski definition) is 5. The Kier molecular flexibility index (Phi) is 4.81. The van der Waals surface area contributed by atoms with Gasteiger partial charge in [-0.25, -0.2) is 14.1 Å². The van der Waals surface area contributed by atoms with Crippen LogP contribution in [-0.2, 0) is 17.8 Å². The van der Waals surface area contributed by atoms with Gasteiger partial charge in [-0.05, 0) is 36.8 Å². The number of benzene rings is 1. The minimum absolute atomic E-state index is 0.243. The van der Waals surface area contributed by atoms with Crippen LogP contribution in [0.2, 0.25) is 0 Å². The van der Waals surface area contributed by atoms with E-state index >= 15 is 0 Å². The monoisotopic (exact) mass is 356 g/mol. The highest BCUT2D eigenvalue weighted by Gasteiger charge is 2.18. The van der Waals surface area contributed by atoms with Crippen LogP contribution in [0.4, 0.5) is 4.39 Å². The summed E-state index contributed by atoms with van der Waals surface area (Å²) in [5, 5.41) is 4.64. The number of nitrogens with zero attached hydrogens (tertiary/aromatic N) is 4. The Bertz CT molecular complexity index is 866. The Hall–Kier alpha value is -2.51. The van der Waals surface area contributed by atoms with E-state index < -0.39 is 0 Å². The highest BCUT2D eigenvalue weighted by Crippen LogP contribution is 2.20. The minimum Gasteiger partial charge on any atom is -0.458 e. The maximum absolute atomic E-state index is 13.2. The van der Waals surface area contributed by atoms with Crippen LogP contribution in [0, 0.1) is 12.7 Å². The molecule has 0 spiro atoms. The molecule has 1 saturated heterocycles. The Morgan fingerprint density at radius 2 is 1.81 bits per heavy atom. The lowest BCUT2D eigenvalue weighted by molar-refractivity contribution is 0.0325. The first-order chi connectivity index (χ1) is 12.7. The average molecular weight is 356 g/mol. The van der Waals surface area contributed by atoms with E-state index in [2.05, 4.69) is 10.00 Å². The summed E-state index contributed by atoms with van der Waals surface area (Å²) >= 11 is 0. The van der Waals surface area contributed by atoms with Crippen LogP contribution in [0.5, 0.6) is 0 Å². The summed E-state index contributed by atoms with van der Waals surface area (Å²) in [5.41, 5.74) is 0.974. The number of aromatic nitrogens is 3. The molecule has 1 aliphatic heterocycles. The summed E-state index contributed by atoms with van der Waals surface area (Å²) in [6.07, 6.45) is 0. The van der Waals surface area contributed by atoms with Crippen molar-refractivity contribution in [3.8, 4) is 11.6 Å². The zero-order valence-corrected chi connectivity index (χ0v) is 14.7. The number of aryl methyl sites for hydroxylation is 1. The first kappa shape index (κ1) is 16.9. The first-order valence-corrected chi connectivity index (χ1v) is 8.72. The zero-order valence-electron chi connectivity index (χ0n) is 14.7. The lowest BCUT2D eigenvalue weighted by atomic mass is 10.2. The number of morpholine rings is 1. The van der Waals surface area contributed by atoms with Crippen molar-refractivity contribution >= 4 is 0 Å². The Labute approximate surface area is 151 Å². The van der Waals surface area contributed by atoms with Crippen molar-refractivity contribution in [1.29, 1.82) is 0 Å². The molecule has 4 rings (SSSR count). The quantitative estimate of drug-likeness (QED) is 0.704. The van der Waals surface area contributed by atoms with Gasteiger partial charge in [0.15, 0.2) is 5.76 Å². The third-order valence-corrected chi connectivity index (χ3v) is 4.42. The summed E-state index contributed by atoms with van der Waals surface area (Å²) in [6, 6.07) is 10.2. The fraction of sp³-hybridized carbons (Fsp3) is 0.368. The van der Waals surface area contributed by atoms with Crippen LogP contribution in [0.15, 0.2) is 40.8 Å².